The predicted molar refractivity (Wildman–Crippen MR) is 257 cm³/mol. The van der Waals surface area contributed by atoms with Crippen LogP contribution in [0.5, 0.6) is 0 Å². The zero-order valence-corrected chi connectivity index (χ0v) is 40.3. The Hall–Kier alpha value is -6.56. The highest BCUT2D eigenvalue weighted by Crippen LogP contribution is 2.48. The molecule has 5 aromatic rings. The average molecular weight is 933 g/mol. The molecule has 8 atom stereocenters. The lowest BCUT2D eigenvalue weighted by Crippen LogP contribution is -2.51. The van der Waals surface area contributed by atoms with Crippen molar-refractivity contribution in [2.24, 2.45) is 17.0 Å². The number of β-amino-alcohol motifs (C(OH)–C–C–N with tert-alkyl or cyclic N) is 1. The van der Waals surface area contributed by atoms with Gasteiger partial charge in [0.25, 0.3) is 0 Å². The number of hydrogen-bond acceptors (Lipinski definition) is 12. The first-order valence-electron chi connectivity index (χ1n) is 23.6. The number of aliphatic hydroxyl groups is 1. The number of aromatic amines is 2. The first-order valence-corrected chi connectivity index (χ1v) is 23.6. The summed E-state index contributed by atoms with van der Waals surface area (Å²) >= 11 is 0. The van der Waals surface area contributed by atoms with Crippen molar-refractivity contribution in [1.29, 1.82) is 0 Å². The maximum atomic E-state index is 14.0. The van der Waals surface area contributed by atoms with Gasteiger partial charge in [0, 0.05) is 31.6 Å². The first-order chi connectivity index (χ1) is 32.4. The lowest BCUT2D eigenvalue weighted by atomic mass is 9.87. The minimum Gasteiger partial charge on any atom is -0.453 e. The molecule has 5 N–H and O–H groups in total. The number of ether oxygens (including phenoxy) is 2. The molecule has 3 saturated heterocycles. The molecule has 18 heteroatoms. The molecule has 2 aromatic heterocycles. The number of likely N-dealkylation sites (tertiary alicyclic amines) is 2. The van der Waals surface area contributed by atoms with E-state index in [4.69, 9.17) is 19.4 Å². The van der Waals surface area contributed by atoms with E-state index in [1.807, 2.05) is 39.8 Å². The lowest BCUT2D eigenvalue weighted by Gasteiger charge is -2.34. The number of nitrogens with one attached hydrogen (secondary N) is 4. The molecule has 362 valence electrons. The Morgan fingerprint density at radius 2 is 1.18 bits per heavy atom. The molecule has 4 amide bonds. The smallest absolute Gasteiger partial charge is 0.407 e. The summed E-state index contributed by atoms with van der Waals surface area (Å²) in [7, 11) is 2.50. The number of imidazole rings is 2. The highest BCUT2D eigenvalue weighted by Gasteiger charge is 2.44. The van der Waals surface area contributed by atoms with Crippen LogP contribution in [0, 0.1) is 16.7 Å². The van der Waals surface area contributed by atoms with Crippen LogP contribution in [0.3, 0.4) is 0 Å². The molecule has 8 rings (SSSR count). The predicted octanol–water partition coefficient (Wildman–Crippen LogP) is 7.62. The van der Waals surface area contributed by atoms with E-state index in [1.54, 1.807) is 9.80 Å². The summed E-state index contributed by atoms with van der Waals surface area (Å²) in [6.45, 7) is 14.2. The molecular weight excluding hydrogens is 869 g/mol. The topological polar surface area (TPSA) is 228 Å². The monoisotopic (exact) mass is 932 g/mol. The Balaban J connectivity index is 1.11. The fourth-order valence-electron chi connectivity index (χ4n) is 10.2. The number of aliphatic hydroxyl groups excluding tert-OH is 1. The van der Waals surface area contributed by atoms with E-state index in [0.29, 0.717) is 24.5 Å². The molecule has 3 aliphatic rings. The number of fused-ring (bicyclic) bond motifs is 2. The summed E-state index contributed by atoms with van der Waals surface area (Å²) < 4.78 is 9.60. The van der Waals surface area contributed by atoms with Gasteiger partial charge in [0.15, 0.2) is 0 Å². The van der Waals surface area contributed by atoms with E-state index in [9.17, 15) is 29.2 Å². The van der Waals surface area contributed by atoms with Crippen LogP contribution in [-0.4, -0.2) is 110 Å². The van der Waals surface area contributed by atoms with E-state index in [0.717, 1.165) is 51.7 Å². The van der Waals surface area contributed by atoms with Crippen molar-refractivity contribution >= 4 is 51.8 Å². The average Bonchev–Trinajstić information content (AvgIpc) is 4.17. The van der Waals surface area contributed by atoms with E-state index >= 15 is 0 Å². The van der Waals surface area contributed by atoms with Gasteiger partial charge in [-0.05, 0) is 83.2 Å². The number of methoxy groups -OCH3 is 2. The number of nitrogens with zero attached hydrogens (tertiary/aromatic N) is 6. The second-order valence-electron chi connectivity index (χ2n) is 20.2. The van der Waals surface area contributed by atoms with Crippen molar-refractivity contribution in [2.75, 3.05) is 32.2 Å². The number of benzene rings is 3. The van der Waals surface area contributed by atoms with Gasteiger partial charge in [-0.1, -0.05) is 77.9 Å². The molecule has 0 spiro atoms. The number of carbonyl (C=O) groups is 4. The minimum absolute atomic E-state index is 0.0226. The molecule has 0 bridgehead atoms. The van der Waals surface area contributed by atoms with Crippen molar-refractivity contribution in [3.63, 3.8) is 0 Å². The second-order valence-corrected chi connectivity index (χ2v) is 20.2. The Morgan fingerprint density at radius 3 is 1.62 bits per heavy atom. The molecule has 0 saturated carbocycles. The van der Waals surface area contributed by atoms with Gasteiger partial charge in [0.1, 0.15) is 29.8 Å². The first kappa shape index (κ1) is 47.9. The summed E-state index contributed by atoms with van der Waals surface area (Å²) in [4.78, 5) is 86.8. The molecule has 0 unspecified atom stereocenters. The summed E-state index contributed by atoms with van der Waals surface area (Å²) in [6.07, 6.45) is 0.118. The maximum absolute atomic E-state index is 14.0. The Morgan fingerprint density at radius 1 is 0.706 bits per heavy atom. The van der Waals surface area contributed by atoms with E-state index in [1.165, 1.54) is 19.8 Å². The van der Waals surface area contributed by atoms with Crippen molar-refractivity contribution in [3.05, 3.63) is 93.9 Å². The fourth-order valence-corrected chi connectivity index (χ4v) is 10.2. The van der Waals surface area contributed by atoms with E-state index in [-0.39, 0.29) is 54.2 Å². The van der Waals surface area contributed by atoms with Crippen LogP contribution in [0.1, 0.15) is 127 Å². The third-order valence-corrected chi connectivity index (χ3v) is 13.9. The van der Waals surface area contributed by atoms with Crippen LogP contribution in [-0.2, 0) is 24.5 Å². The number of H-pyrrole nitrogens is 2. The van der Waals surface area contributed by atoms with Gasteiger partial charge in [-0.25, -0.2) is 19.6 Å². The zero-order chi connectivity index (χ0) is 48.8. The van der Waals surface area contributed by atoms with Gasteiger partial charge in [-0.3, -0.25) is 9.59 Å². The van der Waals surface area contributed by atoms with Crippen LogP contribution >= 0.6 is 0 Å². The number of carbonyl (C=O) groups excluding carboxylic acids is 4. The van der Waals surface area contributed by atoms with Crippen LogP contribution in [0.2, 0.25) is 0 Å². The normalized spacial score (nSPS) is 22.9. The quantitative estimate of drug-likeness (QED) is 0.0765. The molecule has 0 radical (unpaired) electrons. The number of aromatic nitrogens is 4. The van der Waals surface area contributed by atoms with Crippen molar-refractivity contribution in [1.82, 2.24) is 40.4 Å². The van der Waals surface area contributed by atoms with Gasteiger partial charge in [0.2, 0.25) is 11.8 Å². The third-order valence-electron chi connectivity index (χ3n) is 13.9. The van der Waals surface area contributed by atoms with Crippen LogP contribution < -0.4 is 15.5 Å². The number of anilines is 1. The standard InChI is InChI=1S/C50H64N10O8/c1-26(2)42(55-48(64)67-8)46(62)58-24-31(57-66)22-40(58)44-51-34-16-10-28(20-36(34)53-44)38-18-19-39(60(38)32-14-12-30(13-15-32)50(5,6)7)29-11-17-35-37(21-29)54-45(52-35)41-23-33(61)25-59(41)47(63)43(27(3)4)56-49(65)68-9/h10-17,20-21,26-27,31,33,38-43,61H,18-19,22-25H2,1-9H3,(H,51,53)(H,52,54)(H,55,64)(H,56,65)/t31-,33-,38+,39+,40-,41-,42-,43-/m0/s1. The highest BCUT2D eigenvalue weighted by atomic mass is 16.5. The Kier molecular flexibility index (Phi) is 13.5. The van der Waals surface area contributed by atoms with E-state index < -0.39 is 48.5 Å². The van der Waals surface area contributed by atoms with Crippen molar-refractivity contribution in [3.8, 4) is 0 Å². The number of amides is 4. The summed E-state index contributed by atoms with van der Waals surface area (Å²) in [6, 6.07) is 17.8. The maximum Gasteiger partial charge on any atom is 0.407 e. The molecule has 3 aromatic carbocycles. The summed E-state index contributed by atoms with van der Waals surface area (Å²) in [5, 5.41) is 19.5. The van der Waals surface area contributed by atoms with Crippen molar-refractivity contribution < 1.29 is 33.8 Å². The zero-order valence-electron chi connectivity index (χ0n) is 40.3. The van der Waals surface area contributed by atoms with Gasteiger partial charge < -0.3 is 49.9 Å². The van der Waals surface area contributed by atoms with Gasteiger partial charge in [-0.15, -0.1) is 0 Å². The molecule has 18 nitrogen and oxygen atoms in total. The Labute approximate surface area is 395 Å². The molecule has 3 aliphatic heterocycles. The largest absolute Gasteiger partial charge is 0.453 e. The van der Waals surface area contributed by atoms with Crippen LogP contribution in [0.4, 0.5) is 15.3 Å². The van der Waals surface area contributed by atoms with Crippen LogP contribution in [0.15, 0.2) is 65.8 Å². The number of nitroso groups, excluding NO2 is 1. The molecule has 68 heavy (non-hydrogen) atoms. The minimum atomic E-state index is -0.871. The second kappa shape index (κ2) is 19.2. The lowest BCUT2D eigenvalue weighted by molar-refractivity contribution is -0.136. The van der Waals surface area contributed by atoms with E-state index in [2.05, 4.69) is 100.0 Å². The van der Waals surface area contributed by atoms with Gasteiger partial charge in [-0.2, -0.15) is 4.91 Å². The Bertz CT molecular complexity index is 2670. The summed E-state index contributed by atoms with van der Waals surface area (Å²) in [5.41, 5.74) is 7.50. The molecule has 3 fully saturated rings. The van der Waals surface area contributed by atoms with Crippen molar-refractivity contribution in [2.45, 2.75) is 128 Å². The summed E-state index contributed by atoms with van der Waals surface area (Å²) in [5.74, 6) is -0.0157. The van der Waals surface area contributed by atoms with Gasteiger partial charge in [0.05, 0.1) is 66.6 Å². The highest BCUT2D eigenvalue weighted by molar-refractivity contribution is 5.88. The number of hydrogen-bond donors (Lipinski definition) is 5. The number of alkyl carbamates (subject to hydrolysis) is 2. The molecular formula is C50H64N10O8. The number of rotatable bonds is 12. The SMILES string of the molecule is COC(=O)N[C@H](C(=O)N1C[C@@H](O)C[C@H]1c1nc2ccc([C@H]3CC[C@H](c4ccc5nc([C@@H]6C[C@H](N=O)CN6C(=O)[C@@H](NC(=O)OC)C(C)C)[nH]c5c4)N3c3ccc(C(C)(C)C)cc3)cc2[nH]1)C(C)C. The van der Waals surface area contributed by atoms with Crippen LogP contribution in [0.25, 0.3) is 22.1 Å². The molecule has 0 aliphatic carbocycles. The third kappa shape index (κ3) is 9.47. The molecule has 5 heterocycles. The fraction of sp³-hybridized carbons (Fsp3) is 0.520. The van der Waals surface area contributed by atoms with Gasteiger partial charge >= 0.3 is 12.2 Å².